The Morgan fingerprint density at radius 1 is 0.967 bits per heavy atom. The fourth-order valence-electron chi connectivity index (χ4n) is 4.12. The first-order valence-electron chi connectivity index (χ1n) is 9.24. The zero-order chi connectivity index (χ0) is 21.0. The van der Waals surface area contributed by atoms with E-state index in [0.717, 1.165) is 0 Å². The van der Waals surface area contributed by atoms with E-state index in [1.54, 1.807) is 30.3 Å². The zero-order valence-corrected chi connectivity index (χ0v) is 15.8. The third-order valence-electron chi connectivity index (χ3n) is 5.32. The van der Waals surface area contributed by atoms with E-state index in [0.29, 0.717) is 39.3 Å². The number of hydrogen-bond donors (Lipinski definition) is 2. The van der Waals surface area contributed by atoms with Crippen LogP contribution in [0.5, 0.6) is 23.0 Å². The second-order valence-electron chi connectivity index (χ2n) is 7.15. The summed E-state index contributed by atoms with van der Waals surface area (Å²) < 4.78 is 17.0. The van der Waals surface area contributed by atoms with Gasteiger partial charge in [-0.3, -0.25) is 4.79 Å². The van der Waals surface area contributed by atoms with E-state index in [4.69, 9.17) is 14.2 Å². The third kappa shape index (κ3) is 2.45. The Labute approximate surface area is 171 Å². The van der Waals surface area contributed by atoms with Crippen LogP contribution < -0.4 is 4.74 Å². The fraction of sp³-hybridized carbons (Fsp3) is 0.130. The number of hydrogen-bond acceptors (Lipinski definition) is 7. The van der Waals surface area contributed by atoms with Gasteiger partial charge >= 0.3 is 11.9 Å². The van der Waals surface area contributed by atoms with Crippen molar-refractivity contribution in [3.05, 3.63) is 82.4 Å². The normalized spacial score (nSPS) is 14.9. The average Bonchev–Trinajstić information content (AvgIpc) is 2.99. The molecule has 1 spiro atoms. The molecular weight excluding hydrogens is 388 g/mol. The molecule has 0 amide bonds. The minimum atomic E-state index is -1.33. The van der Waals surface area contributed by atoms with Gasteiger partial charge in [0.1, 0.15) is 29.6 Å². The molecule has 7 nitrogen and oxygen atoms in total. The summed E-state index contributed by atoms with van der Waals surface area (Å²) in [5.74, 6) is -0.436. The molecule has 0 fully saturated rings. The average molecular weight is 404 g/mol. The Morgan fingerprint density at radius 2 is 1.60 bits per heavy atom. The van der Waals surface area contributed by atoms with Gasteiger partial charge in [0, 0.05) is 41.3 Å². The summed E-state index contributed by atoms with van der Waals surface area (Å²) in [5.41, 5.74) is 1.16. The Kier molecular flexibility index (Phi) is 3.76. The molecule has 0 aromatic heterocycles. The smallest absolute Gasteiger partial charge is 0.340 e. The second kappa shape index (κ2) is 6.25. The molecule has 30 heavy (non-hydrogen) atoms. The largest absolute Gasteiger partial charge is 0.508 e. The van der Waals surface area contributed by atoms with Crippen molar-refractivity contribution in [1.82, 2.24) is 0 Å². The van der Waals surface area contributed by atoms with Gasteiger partial charge in [0.2, 0.25) is 0 Å². The van der Waals surface area contributed by atoms with Crippen molar-refractivity contribution in [1.29, 1.82) is 0 Å². The van der Waals surface area contributed by atoms with Crippen LogP contribution in [0.15, 0.2) is 54.6 Å². The van der Waals surface area contributed by atoms with E-state index in [9.17, 15) is 19.8 Å². The monoisotopic (exact) mass is 404 g/mol. The molecule has 0 aliphatic carbocycles. The van der Waals surface area contributed by atoms with Crippen molar-refractivity contribution >= 4 is 11.9 Å². The van der Waals surface area contributed by atoms with Crippen LogP contribution in [0.2, 0.25) is 0 Å². The second-order valence-corrected chi connectivity index (χ2v) is 7.15. The molecule has 0 unspecified atom stereocenters. The highest BCUT2D eigenvalue weighted by Crippen LogP contribution is 2.57. The predicted octanol–water partition coefficient (Wildman–Crippen LogP) is 3.73. The van der Waals surface area contributed by atoms with Gasteiger partial charge in [-0.2, -0.15) is 0 Å². The number of esters is 2. The van der Waals surface area contributed by atoms with Gasteiger partial charge in [0.15, 0.2) is 5.60 Å². The molecule has 3 aromatic carbocycles. The van der Waals surface area contributed by atoms with E-state index in [2.05, 4.69) is 0 Å². The van der Waals surface area contributed by atoms with E-state index in [-0.39, 0.29) is 18.1 Å². The van der Waals surface area contributed by atoms with Crippen LogP contribution in [0.4, 0.5) is 0 Å². The summed E-state index contributed by atoms with van der Waals surface area (Å²) in [7, 11) is 0. The number of phenols is 2. The molecular formula is C23H16O7. The number of ether oxygens (including phenoxy) is 3. The van der Waals surface area contributed by atoms with Gasteiger partial charge in [-0.15, -0.1) is 0 Å². The summed E-state index contributed by atoms with van der Waals surface area (Å²) in [6, 6.07) is 14.4. The van der Waals surface area contributed by atoms with Gasteiger partial charge in [-0.25, -0.2) is 4.79 Å². The SMILES string of the molecule is CC(=O)OCc1cccc2c1C(=O)OC21c2ccc(O)cc2Oc2cc(O)ccc21. The molecule has 0 atom stereocenters. The van der Waals surface area contributed by atoms with Crippen LogP contribution >= 0.6 is 0 Å². The maximum absolute atomic E-state index is 13.1. The summed E-state index contributed by atoms with van der Waals surface area (Å²) in [5, 5.41) is 19.9. The molecule has 7 heteroatoms. The van der Waals surface area contributed by atoms with Crippen LogP contribution in [0.25, 0.3) is 0 Å². The predicted molar refractivity (Wildman–Crippen MR) is 103 cm³/mol. The van der Waals surface area contributed by atoms with Crippen LogP contribution in [-0.4, -0.2) is 22.2 Å². The van der Waals surface area contributed by atoms with E-state index < -0.39 is 17.5 Å². The number of fused-ring (bicyclic) bond motifs is 6. The summed E-state index contributed by atoms with van der Waals surface area (Å²) >= 11 is 0. The van der Waals surface area contributed by atoms with Crippen LogP contribution in [0.1, 0.15) is 39.5 Å². The molecule has 2 N–H and O–H groups in total. The maximum atomic E-state index is 13.1. The van der Waals surface area contributed by atoms with Gasteiger partial charge in [-0.05, 0) is 24.3 Å². The molecule has 0 saturated carbocycles. The molecule has 0 saturated heterocycles. The summed E-state index contributed by atoms with van der Waals surface area (Å²) in [6.45, 7) is 1.23. The minimum absolute atomic E-state index is 0.0133. The highest BCUT2D eigenvalue weighted by molar-refractivity contribution is 5.98. The van der Waals surface area contributed by atoms with Crippen molar-refractivity contribution in [3.63, 3.8) is 0 Å². The lowest BCUT2D eigenvalue weighted by atomic mass is 9.77. The first-order valence-corrected chi connectivity index (χ1v) is 9.24. The maximum Gasteiger partial charge on any atom is 0.340 e. The molecule has 3 aromatic rings. The molecule has 0 radical (unpaired) electrons. The molecule has 2 heterocycles. The van der Waals surface area contributed by atoms with Crippen molar-refractivity contribution in [3.8, 4) is 23.0 Å². The van der Waals surface area contributed by atoms with Gasteiger partial charge in [0.05, 0.1) is 5.56 Å². The standard InChI is InChI=1S/C23H16O7/c1-12(24)28-11-13-3-2-4-18-21(13)22(27)30-23(18)16-7-5-14(25)9-19(16)29-20-10-15(26)6-8-17(20)23/h2-10,25-26H,11H2,1H3. The first-order chi connectivity index (χ1) is 14.4. The lowest BCUT2D eigenvalue weighted by molar-refractivity contribution is -0.142. The molecule has 5 rings (SSSR count). The van der Waals surface area contributed by atoms with Gasteiger partial charge < -0.3 is 24.4 Å². The third-order valence-corrected chi connectivity index (χ3v) is 5.32. The van der Waals surface area contributed by atoms with Crippen molar-refractivity contribution in [2.24, 2.45) is 0 Å². The van der Waals surface area contributed by atoms with E-state index in [1.807, 2.05) is 0 Å². The first kappa shape index (κ1) is 18.1. The molecule has 2 aliphatic heterocycles. The van der Waals surface area contributed by atoms with E-state index >= 15 is 0 Å². The fourth-order valence-corrected chi connectivity index (χ4v) is 4.12. The molecule has 2 aliphatic rings. The Morgan fingerprint density at radius 3 is 2.20 bits per heavy atom. The lowest BCUT2D eigenvalue weighted by Gasteiger charge is -2.36. The summed E-state index contributed by atoms with van der Waals surface area (Å²) in [4.78, 5) is 24.3. The summed E-state index contributed by atoms with van der Waals surface area (Å²) in [6.07, 6.45) is 0. The zero-order valence-electron chi connectivity index (χ0n) is 15.8. The van der Waals surface area contributed by atoms with Crippen LogP contribution in [0.3, 0.4) is 0 Å². The Bertz CT molecular complexity index is 1180. The van der Waals surface area contributed by atoms with Crippen molar-refractivity contribution < 1.29 is 34.0 Å². The minimum Gasteiger partial charge on any atom is -0.508 e. The number of carbonyl (C=O) groups excluding carboxylic acids is 2. The van der Waals surface area contributed by atoms with Crippen LogP contribution in [0, 0.1) is 0 Å². The highest BCUT2D eigenvalue weighted by atomic mass is 16.6. The number of phenolic OH excluding ortho intramolecular Hbond substituents is 2. The van der Waals surface area contributed by atoms with Crippen molar-refractivity contribution in [2.75, 3.05) is 0 Å². The number of carbonyl (C=O) groups is 2. The van der Waals surface area contributed by atoms with Gasteiger partial charge in [0.25, 0.3) is 0 Å². The van der Waals surface area contributed by atoms with Gasteiger partial charge in [-0.1, -0.05) is 18.2 Å². The highest BCUT2D eigenvalue weighted by Gasteiger charge is 2.54. The lowest BCUT2D eigenvalue weighted by Crippen LogP contribution is -2.32. The number of benzene rings is 3. The quantitative estimate of drug-likeness (QED) is 0.628. The van der Waals surface area contributed by atoms with Crippen molar-refractivity contribution in [2.45, 2.75) is 19.1 Å². The molecule has 0 bridgehead atoms. The topological polar surface area (TPSA) is 102 Å². The molecule has 150 valence electrons. The number of aromatic hydroxyl groups is 2. The van der Waals surface area contributed by atoms with E-state index in [1.165, 1.54) is 31.2 Å². The number of rotatable bonds is 2. The Hall–Kier alpha value is -4.00. The van der Waals surface area contributed by atoms with Crippen LogP contribution in [-0.2, 0) is 26.5 Å². The Balaban J connectivity index is 1.80.